The lowest BCUT2D eigenvalue weighted by Gasteiger charge is -2.25. The van der Waals surface area contributed by atoms with Gasteiger partial charge in [0, 0.05) is 25.4 Å². The summed E-state index contributed by atoms with van der Waals surface area (Å²) >= 11 is 0. The Labute approximate surface area is 129 Å². The second-order valence-electron chi connectivity index (χ2n) is 4.88. The SMILES string of the molecule is C[C@@H](c1cccc([N+](=O)[O-])c1)N(C)c1nccc(C(F)(F)F)n1. The number of anilines is 1. The molecule has 0 spiro atoms. The van der Waals surface area contributed by atoms with Gasteiger partial charge in [0.1, 0.15) is 5.69 Å². The summed E-state index contributed by atoms with van der Waals surface area (Å²) in [5, 5.41) is 10.8. The van der Waals surface area contributed by atoms with Crippen LogP contribution in [-0.2, 0) is 6.18 Å². The minimum absolute atomic E-state index is 0.0901. The van der Waals surface area contributed by atoms with E-state index in [0.29, 0.717) is 5.56 Å². The van der Waals surface area contributed by atoms with Crippen LogP contribution in [0, 0.1) is 10.1 Å². The Balaban J connectivity index is 2.31. The number of alkyl halides is 3. The van der Waals surface area contributed by atoms with Crippen LogP contribution in [0.3, 0.4) is 0 Å². The van der Waals surface area contributed by atoms with Crippen LogP contribution < -0.4 is 4.90 Å². The van der Waals surface area contributed by atoms with Crippen LogP contribution in [0.25, 0.3) is 0 Å². The zero-order valence-corrected chi connectivity index (χ0v) is 12.3. The number of aromatic nitrogens is 2. The molecule has 2 aromatic rings. The van der Waals surface area contributed by atoms with Crippen LogP contribution in [0.2, 0.25) is 0 Å². The number of nitrogens with zero attached hydrogens (tertiary/aromatic N) is 4. The highest BCUT2D eigenvalue weighted by molar-refractivity contribution is 5.40. The van der Waals surface area contributed by atoms with Crippen LogP contribution in [0.5, 0.6) is 0 Å². The Hall–Kier alpha value is -2.71. The molecule has 2 rings (SSSR count). The molecule has 0 aliphatic carbocycles. The van der Waals surface area contributed by atoms with Gasteiger partial charge in [0.25, 0.3) is 5.69 Å². The summed E-state index contributed by atoms with van der Waals surface area (Å²) in [4.78, 5) is 19.0. The minimum atomic E-state index is -4.56. The fourth-order valence-electron chi connectivity index (χ4n) is 1.97. The van der Waals surface area contributed by atoms with Crippen molar-refractivity contribution < 1.29 is 18.1 Å². The largest absolute Gasteiger partial charge is 0.433 e. The van der Waals surface area contributed by atoms with Gasteiger partial charge in [0.05, 0.1) is 11.0 Å². The summed E-state index contributed by atoms with van der Waals surface area (Å²) in [6.45, 7) is 1.70. The average molecular weight is 326 g/mol. The number of hydrogen-bond donors (Lipinski definition) is 0. The molecule has 9 heteroatoms. The molecule has 0 aliphatic rings. The lowest BCUT2D eigenvalue weighted by molar-refractivity contribution is -0.384. The minimum Gasteiger partial charge on any atom is -0.337 e. The maximum absolute atomic E-state index is 12.7. The van der Waals surface area contributed by atoms with Crippen molar-refractivity contribution in [2.45, 2.75) is 19.1 Å². The quantitative estimate of drug-likeness (QED) is 0.634. The van der Waals surface area contributed by atoms with Gasteiger partial charge in [-0.1, -0.05) is 12.1 Å². The average Bonchev–Trinajstić information content (AvgIpc) is 2.53. The second kappa shape index (κ2) is 6.19. The summed E-state index contributed by atoms with van der Waals surface area (Å²) < 4.78 is 38.1. The van der Waals surface area contributed by atoms with Crippen LogP contribution in [-0.4, -0.2) is 21.9 Å². The first kappa shape index (κ1) is 16.7. The Morgan fingerprint density at radius 1 is 1.30 bits per heavy atom. The van der Waals surface area contributed by atoms with Gasteiger partial charge < -0.3 is 4.90 Å². The molecular formula is C14H13F3N4O2. The molecule has 1 heterocycles. The normalized spacial score (nSPS) is 12.7. The van der Waals surface area contributed by atoms with Crippen LogP contribution in [0.4, 0.5) is 24.8 Å². The summed E-state index contributed by atoms with van der Waals surface area (Å²) in [5.41, 5.74) is -0.559. The first-order valence-corrected chi connectivity index (χ1v) is 6.57. The standard InChI is InChI=1S/C14H13F3N4O2/c1-9(10-4-3-5-11(8-10)21(22)23)20(2)13-18-7-6-12(19-13)14(15,16)17/h3-9H,1-2H3/t9-/m0/s1. The van der Waals surface area contributed by atoms with Gasteiger partial charge in [-0.15, -0.1) is 0 Å². The summed E-state index contributed by atoms with van der Waals surface area (Å²) in [5.74, 6) is -0.112. The van der Waals surface area contributed by atoms with E-state index in [1.807, 2.05) is 0 Å². The van der Waals surface area contributed by atoms with Crippen LogP contribution in [0.1, 0.15) is 24.2 Å². The summed E-state index contributed by atoms with van der Waals surface area (Å²) in [7, 11) is 1.53. The Morgan fingerprint density at radius 3 is 2.61 bits per heavy atom. The highest BCUT2D eigenvalue weighted by Gasteiger charge is 2.33. The van der Waals surface area contributed by atoms with E-state index in [1.165, 1.54) is 30.1 Å². The van der Waals surface area contributed by atoms with Gasteiger partial charge in [-0.2, -0.15) is 13.2 Å². The molecule has 0 bridgehead atoms. The van der Waals surface area contributed by atoms with Crippen molar-refractivity contribution in [2.75, 3.05) is 11.9 Å². The third kappa shape index (κ3) is 3.74. The molecule has 23 heavy (non-hydrogen) atoms. The van der Waals surface area contributed by atoms with Gasteiger partial charge in [-0.3, -0.25) is 10.1 Å². The third-order valence-corrected chi connectivity index (χ3v) is 3.39. The first-order chi connectivity index (χ1) is 10.7. The van der Waals surface area contributed by atoms with E-state index in [2.05, 4.69) is 9.97 Å². The molecule has 122 valence electrons. The van der Waals surface area contributed by atoms with Gasteiger partial charge in [0.2, 0.25) is 5.95 Å². The fraction of sp³-hybridized carbons (Fsp3) is 0.286. The topological polar surface area (TPSA) is 72.2 Å². The zero-order chi connectivity index (χ0) is 17.2. The second-order valence-corrected chi connectivity index (χ2v) is 4.88. The van der Waals surface area contributed by atoms with Crippen molar-refractivity contribution in [1.82, 2.24) is 9.97 Å². The lowest BCUT2D eigenvalue weighted by Crippen LogP contribution is -2.25. The van der Waals surface area contributed by atoms with E-state index in [4.69, 9.17) is 0 Å². The van der Waals surface area contributed by atoms with E-state index < -0.39 is 22.8 Å². The smallest absolute Gasteiger partial charge is 0.337 e. The highest BCUT2D eigenvalue weighted by atomic mass is 19.4. The van der Waals surface area contributed by atoms with Crippen molar-refractivity contribution in [1.29, 1.82) is 0 Å². The van der Waals surface area contributed by atoms with E-state index in [1.54, 1.807) is 13.0 Å². The van der Waals surface area contributed by atoms with Crippen molar-refractivity contribution in [3.63, 3.8) is 0 Å². The molecule has 6 nitrogen and oxygen atoms in total. The Kier molecular flexibility index (Phi) is 4.48. The molecule has 0 unspecified atom stereocenters. The molecule has 0 saturated heterocycles. The van der Waals surface area contributed by atoms with Gasteiger partial charge in [0.15, 0.2) is 0 Å². The molecule has 1 aromatic carbocycles. The Morgan fingerprint density at radius 2 is 2.00 bits per heavy atom. The van der Waals surface area contributed by atoms with E-state index in [-0.39, 0.29) is 11.6 Å². The van der Waals surface area contributed by atoms with Crippen molar-refractivity contribution in [2.24, 2.45) is 0 Å². The Bertz CT molecular complexity index is 721. The molecule has 0 amide bonds. The fourth-order valence-corrected chi connectivity index (χ4v) is 1.97. The first-order valence-electron chi connectivity index (χ1n) is 6.57. The molecule has 0 fully saturated rings. The number of nitro groups is 1. The zero-order valence-electron chi connectivity index (χ0n) is 12.3. The molecule has 1 atom stereocenters. The predicted molar refractivity (Wildman–Crippen MR) is 76.9 cm³/mol. The number of nitro benzene ring substituents is 1. The van der Waals surface area contributed by atoms with E-state index in [0.717, 1.165) is 12.3 Å². The van der Waals surface area contributed by atoms with Gasteiger partial charge in [-0.05, 0) is 18.6 Å². The van der Waals surface area contributed by atoms with Gasteiger partial charge >= 0.3 is 6.18 Å². The maximum atomic E-state index is 12.7. The lowest BCUT2D eigenvalue weighted by atomic mass is 10.1. The number of halogens is 3. The van der Waals surface area contributed by atoms with E-state index >= 15 is 0 Å². The number of hydrogen-bond acceptors (Lipinski definition) is 5. The molecular weight excluding hydrogens is 313 g/mol. The summed E-state index contributed by atoms with van der Waals surface area (Å²) in [6, 6.07) is 6.23. The maximum Gasteiger partial charge on any atom is 0.433 e. The number of rotatable bonds is 4. The third-order valence-electron chi connectivity index (χ3n) is 3.39. The number of benzene rings is 1. The molecule has 0 radical (unpaired) electrons. The van der Waals surface area contributed by atoms with Crippen LogP contribution >= 0.6 is 0 Å². The van der Waals surface area contributed by atoms with Gasteiger partial charge in [-0.25, -0.2) is 9.97 Å². The summed E-state index contributed by atoms with van der Waals surface area (Å²) in [6.07, 6.45) is -3.53. The number of non-ortho nitro benzene ring substituents is 1. The molecule has 0 saturated carbocycles. The van der Waals surface area contributed by atoms with E-state index in [9.17, 15) is 23.3 Å². The van der Waals surface area contributed by atoms with Crippen molar-refractivity contribution in [3.05, 3.63) is 57.9 Å². The van der Waals surface area contributed by atoms with Crippen molar-refractivity contribution in [3.8, 4) is 0 Å². The molecule has 0 N–H and O–H groups in total. The molecule has 1 aromatic heterocycles. The monoisotopic (exact) mass is 326 g/mol. The van der Waals surface area contributed by atoms with Crippen molar-refractivity contribution >= 4 is 11.6 Å². The highest BCUT2D eigenvalue weighted by Crippen LogP contribution is 2.30. The van der Waals surface area contributed by atoms with Crippen LogP contribution in [0.15, 0.2) is 36.5 Å². The predicted octanol–water partition coefficient (Wildman–Crippen LogP) is 3.60. The molecule has 0 aliphatic heterocycles.